The first-order valence-electron chi connectivity index (χ1n) is 9.45. The largest absolute Gasteiger partial charge is 0.347 e. The lowest BCUT2D eigenvalue weighted by Crippen LogP contribution is -2.31. The van der Waals surface area contributed by atoms with Gasteiger partial charge >= 0.3 is 0 Å². The van der Waals surface area contributed by atoms with Gasteiger partial charge in [0.15, 0.2) is 0 Å². The summed E-state index contributed by atoms with van der Waals surface area (Å²) in [7, 11) is -2.03. The predicted molar refractivity (Wildman–Crippen MR) is 121 cm³/mol. The highest BCUT2D eigenvalue weighted by Crippen LogP contribution is 2.22. The van der Waals surface area contributed by atoms with Crippen LogP contribution in [0.4, 0.5) is 11.8 Å². The van der Waals surface area contributed by atoms with Gasteiger partial charge in [-0.25, -0.2) is 13.4 Å². The number of anilines is 2. The van der Waals surface area contributed by atoms with E-state index in [1.165, 1.54) is 19.3 Å². The van der Waals surface area contributed by atoms with Gasteiger partial charge in [-0.3, -0.25) is 9.10 Å². The lowest BCUT2D eigenvalue weighted by Gasteiger charge is -2.20. The van der Waals surface area contributed by atoms with Crippen LogP contribution in [0.25, 0.3) is 10.9 Å². The molecule has 0 fully saturated rings. The summed E-state index contributed by atoms with van der Waals surface area (Å²) in [6.07, 6.45) is 1.48. The van der Waals surface area contributed by atoms with E-state index < -0.39 is 16.1 Å². The van der Waals surface area contributed by atoms with E-state index in [9.17, 15) is 13.2 Å². The number of halogens is 1. The van der Waals surface area contributed by atoms with Crippen molar-refractivity contribution in [1.82, 2.24) is 15.0 Å². The third kappa shape index (κ3) is 4.91. The van der Waals surface area contributed by atoms with Crippen LogP contribution in [0.3, 0.4) is 0 Å². The molecule has 0 saturated carbocycles. The van der Waals surface area contributed by atoms with E-state index in [4.69, 9.17) is 11.6 Å². The average Bonchev–Trinajstić information content (AvgIpc) is 2.66. The van der Waals surface area contributed by atoms with Crippen LogP contribution < -0.4 is 15.2 Å². The third-order valence-corrected chi connectivity index (χ3v) is 6.92. The van der Waals surface area contributed by atoms with Crippen molar-refractivity contribution < 1.29 is 8.42 Å². The molecule has 2 N–H and O–H groups in total. The van der Waals surface area contributed by atoms with E-state index in [0.29, 0.717) is 16.1 Å². The molecule has 2 aromatic heterocycles. The lowest BCUT2D eigenvalue weighted by atomic mass is 10.1. The summed E-state index contributed by atoms with van der Waals surface area (Å²) >= 11 is 6.05. The Balaban J connectivity index is 1.87. The minimum absolute atomic E-state index is 0.00923. The van der Waals surface area contributed by atoms with Crippen LogP contribution in [0.1, 0.15) is 32.4 Å². The maximum atomic E-state index is 12.5. The van der Waals surface area contributed by atoms with Crippen LogP contribution in [0, 0.1) is 5.92 Å². The SMILES string of the molecule is CC(C)CS(=O)(=O)N(C)c1ccnc(N[C@@H](C)c2cc3cc(Cl)ccc3[nH]c2=O)n1. The molecular formula is C20H24ClN5O3S. The molecule has 0 unspecified atom stereocenters. The van der Waals surface area contributed by atoms with Gasteiger partial charge in [0.1, 0.15) is 5.82 Å². The smallest absolute Gasteiger partial charge is 0.253 e. The topological polar surface area (TPSA) is 108 Å². The van der Waals surface area contributed by atoms with Crippen molar-refractivity contribution in [3.63, 3.8) is 0 Å². The first-order valence-corrected chi connectivity index (χ1v) is 11.4. The van der Waals surface area contributed by atoms with Gasteiger partial charge < -0.3 is 10.3 Å². The second kappa shape index (κ2) is 8.61. The van der Waals surface area contributed by atoms with Crippen LogP contribution >= 0.6 is 11.6 Å². The number of hydrogen-bond donors (Lipinski definition) is 2. The Kier molecular flexibility index (Phi) is 6.33. The number of benzene rings is 1. The van der Waals surface area contributed by atoms with Crippen molar-refractivity contribution in [2.45, 2.75) is 26.8 Å². The number of nitrogens with one attached hydrogen (secondary N) is 2. The first-order chi connectivity index (χ1) is 14.1. The molecule has 30 heavy (non-hydrogen) atoms. The highest BCUT2D eigenvalue weighted by atomic mass is 35.5. The highest BCUT2D eigenvalue weighted by Gasteiger charge is 2.22. The molecule has 0 bridgehead atoms. The summed E-state index contributed by atoms with van der Waals surface area (Å²) in [5.41, 5.74) is 0.938. The number of H-pyrrole nitrogens is 1. The zero-order valence-electron chi connectivity index (χ0n) is 17.2. The Bertz CT molecular complexity index is 1230. The molecule has 2 heterocycles. The lowest BCUT2D eigenvalue weighted by molar-refractivity contribution is 0.580. The fraction of sp³-hybridized carbons (Fsp3) is 0.350. The van der Waals surface area contributed by atoms with Gasteiger partial charge in [-0.15, -0.1) is 0 Å². The van der Waals surface area contributed by atoms with Crippen LogP contribution in [-0.2, 0) is 10.0 Å². The molecule has 0 spiro atoms. The van der Waals surface area contributed by atoms with Crippen LogP contribution in [0.5, 0.6) is 0 Å². The summed E-state index contributed by atoms with van der Waals surface area (Å²) in [4.78, 5) is 23.8. The molecule has 8 nitrogen and oxygen atoms in total. The summed E-state index contributed by atoms with van der Waals surface area (Å²) in [6, 6.07) is 8.10. The van der Waals surface area contributed by atoms with Crippen molar-refractivity contribution in [3.05, 3.63) is 57.5 Å². The minimum Gasteiger partial charge on any atom is -0.347 e. The molecule has 10 heteroatoms. The summed E-state index contributed by atoms with van der Waals surface area (Å²) in [5.74, 6) is 0.476. The number of nitrogens with zero attached hydrogens (tertiary/aromatic N) is 3. The van der Waals surface area contributed by atoms with Crippen LogP contribution in [-0.4, -0.2) is 36.2 Å². The first kappa shape index (κ1) is 22.0. The standard InChI is InChI=1S/C20H24ClN5O3S/c1-12(2)11-30(28,29)26(4)18-7-8-22-20(25-18)23-13(3)16-10-14-9-15(21)5-6-17(14)24-19(16)27/h5-10,12-13H,11H2,1-4H3,(H,24,27)(H,22,23,25)/t13-/m0/s1. The molecule has 0 saturated heterocycles. The number of rotatable bonds is 7. The summed E-state index contributed by atoms with van der Waals surface area (Å²) in [5, 5.41) is 4.45. The van der Waals surface area contributed by atoms with Gasteiger partial charge in [-0.05, 0) is 37.1 Å². The normalized spacial score (nSPS) is 12.9. The monoisotopic (exact) mass is 449 g/mol. The van der Waals surface area contributed by atoms with Crippen LogP contribution in [0.2, 0.25) is 5.02 Å². The van der Waals surface area contributed by atoms with Gasteiger partial charge in [-0.1, -0.05) is 25.4 Å². The van der Waals surface area contributed by atoms with Gasteiger partial charge in [0.05, 0.1) is 11.8 Å². The molecule has 3 aromatic rings. The Morgan fingerprint density at radius 3 is 2.63 bits per heavy atom. The second-order valence-electron chi connectivity index (χ2n) is 7.53. The van der Waals surface area contributed by atoms with E-state index in [1.807, 2.05) is 13.8 Å². The molecule has 0 aliphatic heterocycles. The molecular weight excluding hydrogens is 426 g/mol. The number of sulfonamides is 1. The molecule has 3 rings (SSSR count). The predicted octanol–water partition coefficient (Wildman–Crippen LogP) is 3.57. The molecule has 0 aliphatic carbocycles. The zero-order chi connectivity index (χ0) is 22.1. The van der Waals surface area contributed by atoms with Crippen molar-refractivity contribution in [3.8, 4) is 0 Å². The fourth-order valence-corrected chi connectivity index (χ4v) is 4.69. The van der Waals surface area contributed by atoms with Crippen LogP contribution in [0.15, 0.2) is 41.3 Å². The molecule has 1 atom stereocenters. The van der Waals surface area contributed by atoms with Gasteiger partial charge in [0.25, 0.3) is 5.56 Å². The van der Waals surface area contributed by atoms with Crippen molar-refractivity contribution in [1.29, 1.82) is 0 Å². The molecule has 0 aliphatic rings. The fourth-order valence-electron chi connectivity index (χ4n) is 3.06. The summed E-state index contributed by atoms with van der Waals surface area (Å²) in [6.45, 7) is 5.48. The zero-order valence-corrected chi connectivity index (χ0v) is 18.8. The Morgan fingerprint density at radius 1 is 1.20 bits per heavy atom. The second-order valence-corrected chi connectivity index (χ2v) is 10.0. The maximum absolute atomic E-state index is 12.5. The summed E-state index contributed by atoms with van der Waals surface area (Å²) < 4.78 is 26.1. The molecule has 0 amide bonds. The van der Waals surface area contributed by atoms with E-state index >= 15 is 0 Å². The quantitative estimate of drug-likeness (QED) is 0.570. The molecule has 1 aromatic carbocycles. The molecule has 160 valence electrons. The van der Waals surface area contributed by atoms with Crippen molar-refractivity contribution in [2.24, 2.45) is 5.92 Å². The Labute approximate surface area is 180 Å². The van der Waals surface area contributed by atoms with E-state index in [1.54, 1.807) is 31.2 Å². The number of hydrogen-bond acceptors (Lipinski definition) is 6. The van der Waals surface area contributed by atoms with Gasteiger partial charge in [-0.2, -0.15) is 4.98 Å². The Morgan fingerprint density at radius 2 is 1.93 bits per heavy atom. The average molecular weight is 450 g/mol. The molecule has 0 radical (unpaired) electrons. The van der Waals surface area contributed by atoms with Gasteiger partial charge in [0.2, 0.25) is 16.0 Å². The number of aromatic nitrogens is 3. The number of pyridine rings is 1. The van der Waals surface area contributed by atoms with Crippen molar-refractivity contribution in [2.75, 3.05) is 22.4 Å². The minimum atomic E-state index is -3.50. The Hall–Kier alpha value is -2.65. The maximum Gasteiger partial charge on any atom is 0.253 e. The third-order valence-electron chi connectivity index (χ3n) is 4.57. The number of fused-ring (bicyclic) bond motifs is 1. The van der Waals surface area contributed by atoms with Crippen molar-refractivity contribution >= 4 is 44.3 Å². The number of aromatic amines is 1. The highest BCUT2D eigenvalue weighted by molar-refractivity contribution is 7.92. The van der Waals surface area contributed by atoms with E-state index in [0.717, 1.165) is 9.69 Å². The van der Waals surface area contributed by atoms with E-state index in [2.05, 4.69) is 20.3 Å². The van der Waals surface area contributed by atoms with E-state index in [-0.39, 0.29) is 29.0 Å². The van der Waals surface area contributed by atoms with Gasteiger partial charge in [0, 0.05) is 40.8 Å².